The van der Waals surface area contributed by atoms with Gasteiger partial charge >= 0.3 is 5.97 Å². The Morgan fingerprint density at radius 1 is 1.14 bits per heavy atom. The van der Waals surface area contributed by atoms with Crippen LogP contribution in [0.4, 0.5) is 18.9 Å². The van der Waals surface area contributed by atoms with E-state index in [1.165, 1.54) is 18.2 Å². The van der Waals surface area contributed by atoms with Gasteiger partial charge in [-0.05, 0) is 24.3 Å². The highest BCUT2D eigenvalue weighted by Crippen LogP contribution is 2.21. The molecule has 0 aromatic heterocycles. The first-order valence-corrected chi connectivity index (χ1v) is 6.53. The maximum Gasteiger partial charge on any atom is 0.340 e. The number of carbonyl (C=O) groups is 1. The van der Waals surface area contributed by atoms with Gasteiger partial charge in [-0.15, -0.1) is 0 Å². The molecule has 0 radical (unpaired) electrons. The first-order valence-electron chi connectivity index (χ1n) is 5.74. The Morgan fingerprint density at radius 2 is 1.81 bits per heavy atom. The summed E-state index contributed by atoms with van der Waals surface area (Å²) in [4.78, 5) is 11.8. The van der Waals surface area contributed by atoms with E-state index < -0.39 is 23.4 Å². The van der Waals surface area contributed by atoms with Crippen LogP contribution in [0.5, 0.6) is 0 Å². The van der Waals surface area contributed by atoms with Crippen LogP contribution in [0.2, 0.25) is 0 Å². The number of ether oxygens (including phenoxy) is 1. The maximum atomic E-state index is 13.1. The molecule has 0 saturated carbocycles. The SMILES string of the molecule is Nc1cc(F)c(F)cc1C(=O)OCc1cc(F)ccc1Br. The minimum absolute atomic E-state index is 0.239. The Bertz CT molecular complexity index is 707. The number of hydrogen-bond acceptors (Lipinski definition) is 3. The van der Waals surface area contributed by atoms with Gasteiger partial charge in [-0.3, -0.25) is 0 Å². The van der Waals surface area contributed by atoms with Crippen LogP contribution in [0.15, 0.2) is 34.8 Å². The highest BCUT2D eigenvalue weighted by atomic mass is 79.9. The van der Waals surface area contributed by atoms with Gasteiger partial charge in [0, 0.05) is 21.8 Å². The van der Waals surface area contributed by atoms with E-state index >= 15 is 0 Å². The number of nitrogen functional groups attached to an aromatic ring is 1. The van der Waals surface area contributed by atoms with Crippen molar-refractivity contribution >= 4 is 27.6 Å². The summed E-state index contributed by atoms with van der Waals surface area (Å²) in [6.07, 6.45) is 0. The van der Waals surface area contributed by atoms with Crippen molar-refractivity contribution in [2.75, 3.05) is 5.73 Å². The first-order chi connectivity index (χ1) is 9.88. The smallest absolute Gasteiger partial charge is 0.340 e. The molecule has 2 N–H and O–H groups in total. The van der Waals surface area contributed by atoms with E-state index in [2.05, 4.69) is 15.9 Å². The number of carbonyl (C=O) groups excluding carboxylic acids is 1. The summed E-state index contributed by atoms with van der Waals surface area (Å²) in [6.45, 7) is -0.240. The number of benzene rings is 2. The Labute approximate surface area is 126 Å². The molecule has 7 heteroatoms. The third-order valence-electron chi connectivity index (χ3n) is 2.68. The Kier molecular flexibility index (Phi) is 4.52. The zero-order valence-electron chi connectivity index (χ0n) is 10.5. The summed E-state index contributed by atoms with van der Waals surface area (Å²) in [5.74, 6) is -3.78. The summed E-state index contributed by atoms with van der Waals surface area (Å²) in [5.41, 5.74) is 5.30. The van der Waals surface area contributed by atoms with E-state index in [1.54, 1.807) is 0 Å². The Balaban J connectivity index is 2.15. The van der Waals surface area contributed by atoms with Gasteiger partial charge in [0.25, 0.3) is 0 Å². The zero-order chi connectivity index (χ0) is 15.6. The Hall–Kier alpha value is -2.02. The van der Waals surface area contributed by atoms with Crippen molar-refractivity contribution in [3.8, 4) is 0 Å². The highest BCUT2D eigenvalue weighted by Gasteiger charge is 2.16. The van der Waals surface area contributed by atoms with Crippen LogP contribution in [-0.4, -0.2) is 5.97 Å². The lowest BCUT2D eigenvalue weighted by Crippen LogP contribution is -2.10. The van der Waals surface area contributed by atoms with Crippen LogP contribution in [0.1, 0.15) is 15.9 Å². The molecule has 0 aliphatic heterocycles. The van der Waals surface area contributed by atoms with Crippen LogP contribution in [0, 0.1) is 17.5 Å². The number of anilines is 1. The average molecular weight is 360 g/mol. The van der Waals surface area contributed by atoms with Crippen LogP contribution in [0.25, 0.3) is 0 Å². The molecular weight excluding hydrogens is 351 g/mol. The van der Waals surface area contributed by atoms with Crippen LogP contribution in [-0.2, 0) is 11.3 Å². The van der Waals surface area contributed by atoms with Crippen molar-refractivity contribution in [3.05, 3.63) is 63.4 Å². The molecule has 0 bridgehead atoms. The van der Waals surface area contributed by atoms with Gasteiger partial charge in [-0.1, -0.05) is 15.9 Å². The van der Waals surface area contributed by atoms with Gasteiger partial charge in [-0.25, -0.2) is 18.0 Å². The van der Waals surface area contributed by atoms with Crippen molar-refractivity contribution in [1.29, 1.82) is 0 Å². The van der Waals surface area contributed by atoms with Crippen molar-refractivity contribution in [2.45, 2.75) is 6.61 Å². The standard InChI is InChI=1S/C14H9BrF3NO2/c15-10-2-1-8(16)3-7(10)6-21-14(20)9-4-11(17)12(18)5-13(9)19/h1-5H,6,19H2. The molecule has 2 rings (SSSR count). The topological polar surface area (TPSA) is 52.3 Å². The highest BCUT2D eigenvalue weighted by molar-refractivity contribution is 9.10. The summed E-state index contributed by atoms with van der Waals surface area (Å²) >= 11 is 3.18. The minimum Gasteiger partial charge on any atom is -0.457 e. The van der Waals surface area contributed by atoms with E-state index in [1.807, 2.05) is 0 Å². The van der Waals surface area contributed by atoms with Crippen LogP contribution < -0.4 is 5.73 Å². The molecule has 0 aliphatic rings. The average Bonchev–Trinajstić information content (AvgIpc) is 2.43. The number of nitrogens with two attached hydrogens (primary N) is 1. The second kappa shape index (κ2) is 6.17. The van der Waals surface area contributed by atoms with Crippen molar-refractivity contribution in [3.63, 3.8) is 0 Å². The molecule has 0 aliphatic carbocycles. The van der Waals surface area contributed by atoms with Gasteiger partial charge in [-0.2, -0.15) is 0 Å². The molecular formula is C14H9BrF3NO2. The third kappa shape index (κ3) is 3.55. The van der Waals surface area contributed by atoms with E-state index in [-0.39, 0.29) is 17.9 Å². The second-order valence-electron chi connectivity index (χ2n) is 4.17. The summed E-state index contributed by atoms with van der Waals surface area (Å²) in [7, 11) is 0. The monoisotopic (exact) mass is 359 g/mol. The number of rotatable bonds is 3. The van der Waals surface area contributed by atoms with Gasteiger partial charge in [0.1, 0.15) is 12.4 Å². The van der Waals surface area contributed by atoms with E-state index in [9.17, 15) is 18.0 Å². The third-order valence-corrected chi connectivity index (χ3v) is 3.45. The van der Waals surface area contributed by atoms with Crippen molar-refractivity contribution < 1.29 is 22.7 Å². The molecule has 3 nitrogen and oxygen atoms in total. The molecule has 0 heterocycles. The summed E-state index contributed by atoms with van der Waals surface area (Å²) < 4.78 is 44.6. The fourth-order valence-electron chi connectivity index (χ4n) is 1.61. The fourth-order valence-corrected chi connectivity index (χ4v) is 1.98. The lowest BCUT2D eigenvalue weighted by atomic mass is 10.1. The van der Waals surface area contributed by atoms with Crippen molar-refractivity contribution in [1.82, 2.24) is 0 Å². The number of hydrogen-bond donors (Lipinski definition) is 1. The molecule has 21 heavy (non-hydrogen) atoms. The molecule has 110 valence electrons. The van der Waals surface area contributed by atoms with Crippen LogP contribution in [0.3, 0.4) is 0 Å². The Morgan fingerprint density at radius 3 is 2.52 bits per heavy atom. The lowest BCUT2D eigenvalue weighted by Gasteiger charge is -2.09. The molecule has 0 amide bonds. The number of esters is 1. The van der Waals surface area contributed by atoms with E-state index in [0.29, 0.717) is 22.2 Å². The minimum atomic E-state index is -1.21. The van der Waals surface area contributed by atoms with Gasteiger partial charge < -0.3 is 10.5 Å². The molecule has 2 aromatic carbocycles. The quantitative estimate of drug-likeness (QED) is 0.669. The van der Waals surface area contributed by atoms with E-state index in [4.69, 9.17) is 10.5 Å². The van der Waals surface area contributed by atoms with Crippen molar-refractivity contribution in [2.24, 2.45) is 0 Å². The molecule has 2 aromatic rings. The van der Waals surface area contributed by atoms with Gasteiger partial charge in [0.15, 0.2) is 11.6 Å². The first kappa shape index (κ1) is 15.4. The van der Waals surface area contributed by atoms with Gasteiger partial charge in [0.2, 0.25) is 0 Å². The predicted octanol–water partition coefficient (Wildman–Crippen LogP) is 3.81. The maximum absolute atomic E-state index is 13.1. The largest absolute Gasteiger partial charge is 0.457 e. The summed E-state index contributed by atoms with van der Waals surface area (Å²) in [6, 6.07) is 5.25. The predicted molar refractivity (Wildman–Crippen MR) is 74.0 cm³/mol. The molecule has 0 fully saturated rings. The number of halogens is 4. The zero-order valence-corrected chi connectivity index (χ0v) is 12.1. The second-order valence-corrected chi connectivity index (χ2v) is 5.02. The lowest BCUT2D eigenvalue weighted by molar-refractivity contribution is 0.0472. The molecule has 0 saturated heterocycles. The van der Waals surface area contributed by atoms with Gasteiger partial charge in [0.05, 0.1) is 5.56 Å². The van der Waals surface area contributed by atoms with Crippen LogP contribution >= 0.6 is 15.9 Å². The normalized spacial score (nSPS) is 10.5. The summed E-state index contributed by atoms with van der Waals surface area (Å²) in [5, 5.41) is 0. The fraction of sp³-hybridized carbons (Fsp3) is 0.0714. The molecule has 0 spiro atoms. The molecule has 0 unspecified atom stereocenters. The molecule has 0 atom stereocenters. The van der Waals surface area contributed by atoms with E-state index in [0.717, 1.165) is 0 Å².